The number of nitrogen functional groups attached to an aromatic ring is 1. The Morgan fingerprint density at radius 1 is 1.24 bits per heavy atom. The van der Waals surface area contributed by atoms with E-state index < -0.39 is 5.91 Å². The fraction of sp³-hybridized carbons (Fsp3) is 0.0625. The van der Waals surface area contributed by atoms with Crippen LogP contribution in [0.4, 0.5) is 15.8 Å². The molecule has 3 N–H and O–H groups in total. The number of amides is 1. The number of carbonyl (C=O) groups excluding carboxylic acids is 1. The first-order chi connectivity index (χ1) is 10.0. The molecule has 1 aromatic heterocycles. The summed E-state index contributed by atoms with van der Waals surface area (Å²) >= 11 is 0. The van der Waals surface area contributed by atoms with E-state index in [0.29, 0.717) is 22.5 Å². The van der Waals surface area contributed by atoms with Gasteiger partial charge in [0.25, 0.3) is 5.91 Å². The zero-order valence-electron chi connectivity index (χ0n) is 11.3. The summed E-state index contributed by atoms with van der Waals surface area (Å²) in [6.07, 6.45) is 0. The van der Waals surface area contributed by atoms with Gasteiger partial charge in [-0.15, -0.1) is 0 Å². The SMILES string of the molecule is Cc1c(F)cccc1NC(=O)c1cc2cc(N)ccc2o1. The van der Waals surface area contributed by atoms with Crippen molar-refractivity contribution >= 4 is 28.3 Å². The number of carbonyl (C=O) groups is 1. The van der Waals surface area contributed by atoms with E-state index in [2.05, 4.69) is 5.32 Å². The lowest BCUT2D eigenvalue weighted by Gasteiger charge is -2.07. The third kappa shape index (κ3) is 2.45. The molecular weight excluding hydrogens is 271 g/mol. The summed E-state index contributed by atoms with van der Waals surface area (Å²) in [7, 11) is 0. The van der Waals surface area contributed by atoms with E-state index >= 15 is 0 Å². The first-order valence-corrected chi connectivity index (χ1v) is 6.40. The van der Waals surface area contributed by atoms with Crippen molar-refractivity contribution < 1.29 is 13.6 Å². The fourth-order valence-electron chi connectivity index (χ4n) is 2.10. The Kier molecular flexibility index (Phi) is 3.10. The third-order valence-electron chi connectivity index (χ3n) is 3.28. The Morgan fingerprint density at radius 3 is 2.86 bits per heavy atom. The van der Waals surface area contributed by atoms with Gasteiger partial charge in [0.15, 0.2) is 5.76 Å². The highest BCUT2D eigenvalue weighted by Crippen LogP contribution is 2.23. The first-order valence-electron chi connectivity index (χ1n) is 6.40. The summed E-state index contributed by atoms with van der Waals surface area (Å²) in [6.45, 7) is 1.60. The Bertz CT molecular complexity index is 839. The van der Waals surface area contributed by atoms with Crippen molar-refractivity contribution in [1.82, 2.24) is 0 Å². The van der Waals surface area contributed by atoms with Crippen LogP contribution in [-0.2, 0) is 0 Å². The van der Waals surface area contributed by atoms with Crippen molar-refractivity contribution in [2.24, 2.45) is 0 Å². The van der Waals surface area contributed by atoms with Gasteiger partial charge in [-0.2, -0.15) is 0 Å². The number of furan rings is 1. The molecule has 2 aromatic carbocycles. The molecule has 0 aliphatic rings. The zero-order valence-corrected chi connectivity index (χ0v) is 11.3. The van der Waals surface area contributed by atoms with E-state index in [1.165, 1.54) is 12.1 Å². The van der Waals surface area contributed by atoms with Crippen LogP contribution in [0.25, 0.3) is 11.0 Å². The molecule has 0 spiro atoms. The third-order valence-corrected chi connectivity index (χ3v) is 3.28. The van der Waals surface area contributed by atoms with Gasteiger partial charge in [0.05, 0.1) is 0 Å². The van der Waals surface area contributed by atoms with Crippen LogP contribution in [-0.4, -0.2) is 5.91 Å². The lowest BCUT2D eigenvalue weighted by atomic mass is 10.2. The highest BCUT2D eigenvalue weighted by Gasteiger charge is 2.14. The van der Waals surface area contributed by atoms with Gasteiger partial charge in [-0.25, -0.2) is 4.39 Å². The Balaban J connectivity index is 1.91. The van der Waals surface area contributed by atoms with Crippen LogP contribution in [0.5, 0.6) is 0 Å². The van der Waals surface area contributed by atoms with E-state index in [0.717, 1.165) is 5.39 Å². The molecule has 3 rings (SSSR count). The van der Waals surface area contributed by atoms with Crippen LogP contribution in [0.15, 0.2) is 46.9 Å². The van der Waals surface area contributed by atoms with Gasteiger partial charge in [-0.1, -0.05) is 6.07 Å². The minimum absolute atomic E-state index is 0.152. The largest absolute Gasteiger partial charge is 0.451 e. The first kappa shape index (κ1) is 13.2. The van der Waals surface area contributed by atoms with Gasteiger partial charge in [0, 0.05) is 22.3 Å². The summed E-state index contributed by atoms with van der Waals surface area (Å²) in [5, 5.41) is 3.39. The molecule has 3 aromatic rings. The molecule has 4 nitrogen and oxygen atoms in total. The molecule has 21 heavy (non-hydrogen) atoms. The van der Waals surface area contributed by atoms with Gasteiger partial charge in [0.1, 0.15) is 11.4 Å². The van der Waals surface area contributed by atoms with Crippen LogP contribution in [0, 0.1) is 12.7 Å². The molecule has 106 valence electrons. The van der Waals surface area contributed by atoms with Gasteiger partial charge in [-0.05, 0) is 43.3 Å². The number of hydrogen-bond donors (Lipinski definition) is 2. The molecule has 0 saturated heterocycles. The number of benzene rings is 2. The highest BCUT2D eigenvalue weighted by atomic mass is 19.1. The van der Waals surface area contributed by atoms with E-state index in [9.17, 15) is 9.18 Å². The quantitative estimate of drug-likeness (QED) is 0.705. The molecular formula is C16H13FN2O2. The van der Waals surface area contributed by atoms with Crippen molar-refractivity contribution in [3.63, 3.8) is 0 Å². The maximum atomic E-state index is 13.5. The van der Waals surface area contributed by atoms with Crippen LogP contribution in [0.2, 0.25) is 0 Å². The molecule has 0 fully saturated rings. The number of nitrogens with one attached hydrogen (secondary N) is 1. The van der Waals surface area contributed by atoms with E-state index in [-0.39, 0.29) is 11.6 Å². The van der Waals surface area contributed by atoms with Gasteiger partial charge >= 0.3 is 0 Å². The number of rotatable bonds is 2. The molecule has 0 unspecified atom stereocenters. The van der Waals surface area contributed by atoms with Crippen molar-refractivity contribution in [3.05, 3.63) is 59.6 Å². The summed E-state index contributed by atoms with van der Waals surface area (Å²) in [5.74, 6) is -0.650. The summed E-state index contributed by atoms with van der Waals surface area (Å²) in [5.41, 5.74) is 7.65. The fourth-order valence-corrected chi connectivity index (χ4v) is 2.10. The van der Waals surface area contributed by atoms with Crippen LogP contribution < -0.4 is 11.1 Å². The van der Waals surface area contributed by atoms with Crippen LogP contribution in [0.3, 0.4) is 0 Å². The van der Waals surface area contributed by atoms with E-state index in [4.69, 9.17) is 10.2 Å². The van der Waals surface area contributed by atoms with Crippen LogP contribution in [0.1, 0.15) is 16.1 Å². The van der Waals surface area contributed by atoms with Gasteiger partial charge in [-0.3, -0.25) is 4.79 Å². The minimum Gasteiger partial charge on any atom is -0.451 e. The molecule has 0 saturated carbocycles. The smallest absolute Gasteiger partial charge is 0.291 e. The number of nitrogens with two attached hydrogens (primary N) is 1. The lowest BCUT2D eigenvalue weighted by Crippen LogP contribution is -2.12. The van der Waals surface area contributed by atoms with Crippen molar-refractivity contribution in [3.8, 4) is 0 Å². The molecule has 0 bridgehead atoms. The predicted molar refractivity (Wildman–Crippen MR) is 79.7 cm³/mol. The number of fused-ring (bicyclic) bond motifs is 1. The monoisotopic (exact) mass is 284 g/mol. The summed E-state index contributed by atoms with van der Waals surface area (Å²) in [6, 6.07) is 11.3. The second kappa shape index (κ2) is 4.94. The molecule has 0 radical (unpaired) electrons. The van der Waals surface area contributed by atoms with Gasteiger partial charge < -0.3 is 15.5 Å². The topological polar surface area (TPSA) is 68.3 Å². The number of hydrogen-bond acceptors (Lipinski definition) is 3. The lowest BCUT2D eigenvalue weighted by molar-refractivity contribution is 0.0998. The highest BCUT2D eigenvalue weighted by molar-refractivity contribution is 6.05. The molecule has 0 aliphatic heterocycles. The van der Waals surface area contributed by atoms with Gasteiger partial charge in [0.2, 0.25) is 0 Å². The predicted octanol–water partition coefficient (Wildman–Crippen LogP) is 3.71. The molecule has 5 heteroatoms. The number of halogens is 1. The zero-order chi connectivity index (χ0) is 15.0. The maximum Gasteiger partial charge on any atom is 0.291 e. The summed E-state index contributed by atoms with van der Waals surface area (Å²) < 4.78 is 18.9. The maximum absolute atomic E-state index is 13.5. The molecule has 0 aliphatic carbocycles. The van der Waals surface area contributed by atoms with E-state index in [1.54, 1.807) is 37.3 Å². The second-order valence-corrected chi connectivity index (χ2v) is 4.77. The van der Waals surface area contributed by atoms with Crippen molar-refractivity contribution in [2.75, 3.05) is 11.1 Å². The summed E-state index contributed by atoms with van der Waals surface area (Å²) in [4.78, 5) is 12.2. The Labute approximate surface area is 120 Å². The van der Waals surface area contributed by atoms with E-state index in [1.807, 2.05) is 0 Å². The molecule has 0 atom stereocenters. The number of anilines is 2. The Morgan fingerprint density at radius 2 is 2.05 bits per heavy atom. The van der Waals surface area contributed by atoms with Crippen molar-refractivity contribution in [2.45, 2.75) is 6.92 Å². The molecule has 1 heterocycles. The van der Waals surface area contributed by atoms with Crippen LogP contribution >= 0.6 is 0 Å². The second-order valence-electron chi connectivity index (χ2n) is 4.77. The normalized spacial score (nSPS) is 10.8. The van der Waals surface area contributed by atoms with Crippen molar-refractivity contribution in [1.29, 1.82) is 0 Å². The Hall–Kier alpha value is -2.82. The standard InChI is InChI=1S/C16H13FN2O2/c1-9-12(17)3-2-4-13(9)19-16(20)15-8-10-7-11(18)5-6-14(10)21-15/h2-8H,18H2,1H3,(H,19,20). The minimum atomic E-state index is -0.432. The average Bonchev–Trinajstić information content (AvgIpc) is 2.87. The average molecular weight is 284 g/mol. The molecule has 1 amide bonds.